The van der Waals surface area contributed by atoms with Crippen LogP contribution in [0.4, 0.5) is 4.79 Å². The van der Waals surface area contributed by atoms with Gasteiger partial charge in [0.15, 0.2) is 11.5 Å². The minimum atomic E-state index is -0.763. The van der Waals surface area contributed by atoms with Crippen LogP contribution in [0, 0.1) is 11.8 Å². The van der Waals surface area contributed by atoms with E-state index in [4.69, 9.17) is 18.9 Å². The van der Waals surface area contributed by atoms with Crippen molar-refractivity contribution in [2.45, 2.75) is 50.8 Å². The lowest BCUT2D eigenvalue weighted by Crippen LogP contribution is -2.42. The number of rotatable bonds is 16. The molecule has 0 bridgehead atoms. The summed E-state index contributed by atoms with van der Waals surface area (Å²) in [5.74, 6) is 1.65. The summed E-state index contributed by atoms with van der Waals surface area (Å²) in [4.78, 5) is 30.5. The highest BCUT2D eigenvalue weighted by atomic mass is 32.2. The van der Waals surface area contributed by atoms with Crippen LogP contribution in [-0.2, 0) is 27.3 Å². The lowest BCUT2D eigenvalue weighted by atomic mass is 9.84. The minimum absolute atomic E-state index is 0.0810. The number of alkyl carbamates (subject to hydrolysis) is 1. The van der Waals surface area contributed by atoms with Crippen LogP contribution in [0.25, 0.3) is 0 Å². The molecule has 0 unspecified atom stereocenters. The number of aromatic nitrogens is 1. The Labute approximate surface area is 247 Å². The van der Waals surface area contributed by atoms with Gasteiger partial charge in [-0.2, -0.15) is 0 Å². The number of hydrogen-bond donors (Lipinski definition) is 1. The highest BCUT2D eigenvalue weighted by Gasteiger charge is 2.28. The second-order valence-electron chi connectivity index (χ2n) is 9.97. The van der Waals surface area contributed by atoms with Crippen LogP contribution in [0.3, 0.4) is 0 Å². The molecule has 1 heterocycles. The van der Waals surface area contributed by atoms with E-state index >= 15 is 0 Å². The number of carbonyl (C=O) groups excluding carboxylic acids is 2. The number of nitrogens with one attached hydrogen (secondary N) is 1. The first-order valence-corrected chi connectivity index (χ1v) is 14.6. The Morgan fingerprint density at radius 2 is 1.71 bits per heavy atom. The predicted octanol–water partition coefficient (Wildman–Crippen LogP) is 6.32. The molecule has 0 saturated heterocycles. The molecule has 3 aromatic rings. The number of hydrogen-bond acceptors (Lipinski definition) is 8. The molecule has 1 aromatic heterocycles. The minimum Gasteiger partial charge on any atom is -0.493 e. The number of nitrogens with zero attached hydrogens (tertiary/aromatic N) is 1. The van der Waals surface area contributed by atoms with Gasteiger partial charge in [0.2, 0.25) is 5.12 Å². The van der Waals surface area contributed by atoms with Gasteiger partial charge in [-0.1, -0.05) is 56.3 Å². The van der Waals surface area contributed by atoms with Gasteiger partial charge in [-0.25, -0.2) is 9.78 Å². The lowest BCUT2D eigenvalue weighted by Gasteiger charge is -2.26. The molecule has 9 heteroatoms. The first-order valence-electron chi connectivity index (χ1n) is 13.8. The second-order valence-corrected chi connectivity index (χ2v) is 11.0. The molecule has 220 valence electrons. The number of carbonyl (C=O) groups is 2. The zero-order valence-electron chi connectivity index (χ0n) is 24.2. The summed E-state index contributed by atoms with van der Waals surface area (Å²) in [5.41, 5.74) is 1.93. The van der Waals surface area contributed by atoms with Crippen molar-refractivity contribution in [2.75, 3.05) is 27.4 Å². The average molecular weight is 581 g/mol. The monoisotopic (exact) mass is 580 g/mol. The van der Waals surface area contributed by atoms with Crippen LogP contribution in [0.1, 0.15) is 37.8 Å². The van der Waals surface area contributed by atoms with E-state index in [0.717, 1.165) is 29.3 Å². The number of amides is 1. The average Bonchev–Trinajstić information content (AvgIpc) is 2.98. The van der Waals surface area contributed by atoms with E-state index < -0.39 is 12.1 Å². The van der Waals surface area contributed by atoms with Crippen molar-refractivity contribution < 1.29 is 28.5 Å². The number of thioether (sulfide) groups is 1. The van der Waals surface area contributed by atoms with Crippen molar-refractivity contribution in [1.29, 1.82) is 0 Å². The van der Waals surface area contributed by atoms with E-state index in [1.54, 1.807) is 32.5 Å². The maximum Gasteiger partial charge on any atom is 0.408 e. The molecule has 0 saturated carbocycles. The molecule has 1 N–H and O–H groups in total. The zero-order chi connectivity index (χ0) is 29.5. The molecule has 8 nitrogen and oxygen atoms in total. The van der Waals surface area contributed by atoms with Crippen molar-refractivity contribution in [3.05, 3.63) is 84.1 Å². The van der Waals surface area contributed by atoms with Crippen LogP contribution in [0.15, 0.2) is 78.0 Å². The van der Waals surface area contributed by atoms with Crippen molar-refractivity contribution in [2.24, 2.45) is 11.8 Å². The molecule has 0 aliphatic heterocycles. The van der Waals surface area contributed by atoms with Gasteiger partial charge >= 0.3 is 6.09 Å². The topological polar surface area (TPSA) is 96.0 Å². The van der Waals surface area contributed by atoms with Crippen molar-refractivity contribution >= 4 is 23.0 Å². The van der Waals surface area contributed by atoms with Gasteiger partial charge in [0.05, 0.1) is 13.7 Å². The number of pyridine rings is 1. The first kappa shape index (κ1) is 32.0. The third-order valence-corrected chi connectivity index (χ3v) is 7.53. The van der Waals surface area contributed by atoms with Crippen LogP contribution in [-0.4, -0.2) is 49.7 Å². The molecule has 2 aromatic carbocycles. The van der Waals surface area contributed by atoms with Crippen molar-refractivity contribution in [3.63, 3.8) is 0 Å². The SMILES string of the molecule is COCCCOc1cc(C[C@H](C[C@@H](NC(=O)OCc2ccccc2)C(=O)Sc2ccccn2)C(C)C)ccc1OC. The Morgan fingerprint density at radius 3 is 2.39 bits per heavy atom. The highest BCUT2D eigenvalue weighted by Crippen LogP contribution is 2.32. The maximum atomic E-state index is 13.4. The van der Waals surface area contributed by atoms with E-state index in [9.17, 15) is 9.59 Å². The smallest absolute Gasteiger partial charge is 0.408 e. The van der Waals surface area contributed by atoms with E-state index in [0.29, 0.717) is 42.6 Å². The molecular formula is C32H40N2O6S. The normalized spacial score (nSPS) is 12.4. The Morgan fingerprint density at radius 1 is 0.927 bits per heavy atom. The molecule has 0 aliphatic rings. The Bertz CT molecular complexity index is 1210. The molecule has 3 rings (SSSR count). The fourth-order valence-electron chi connectivity index (χ4n) is 4.25. The molecule has 0 radical (unpaired) electrons. The quantitative estimate of drug-likeness (QED) is 0.155. The number of benzene rings is 2. The standard InChI is InChI=1S/C32H40N2O6S/c1-23(2)26(19-25-14-15-28(38-4)29(20-25)39-18-10-17-37-3)21-27(31(35)41-30-13-8-9-16-33-30)34-32(36)40-22-24-11-6-5-7-12-24/h5-9,11-16,20,23,26-27H,10,17-19,21-22H2,1-4H3,(H,34,36)/t26-,27-/m1/s1. The van der Waals surface area contributed by atoms with Crippen molar-refractivity contribution in [3.8, 4) is 11.5 Å². The summed E-state index contributed by atoms with van der Waals surface area (Å²) in [7, 11) is 3.28. The third-order valence-electron chi connectivity index (χ3n) is 6.59. The lowest BCUT2D eigenvalue weighted by molar-refractivity contribution is -0.113. The predicted molar refractivity (Wildman–Crippen MR) is 160 cm³/mol. The number of ether oxygens (including phenoxy) is 4. The van der Waals surface area contributed by atoms with E-state index in [1.165, 1.54) is 0 Å². The van der Waals surface area contributed by atoms with Crippen LogP contribution in [0.2, 0.25) is 0 Å². The molecule has 0 spiro atoms. The van der Waals surface area contributed by atoms with Gasteiger partial charge in [-0.05, 0) is 71.8 Å². The first-order chi connectivity index (χ1) is 19.9. The van der Waals surface area contributed by atoms with Gasteiger partial charge in [0.1, 0.15) is 17.7 Å². The van der Waals surface area contributed by atoms with Crippen molar-refractivity contribution in [1.82, 2.24) is 10.3 Å². The molecular weight excluding hydrogens is 540 g/mol. The summed E-state index contributed by atoms with van der Waals surface area (Å²) >= 11 is 1.02. The van der Waals surface area contributed by atoms with Gasteiger partial charge in [0.25, 0.3) is 0 Å². The largest absolute Gasteiger partial charge is 0.493 e. The highest BCUT2D eigenvalue weighted by molar-refractivity contribution is 8.13. The van der Waals surface area contributed by atoms with Crippen LogP contribution >= 0.6 is 11.8 Å². The fraction of sp³-hybridized carbons (Fsp3) is 0.406. The van der Waals surface area contributed by atoms with Gasteiger partial charge in [-0.3, -0.25) is 4.79 Å². The zero-order valence-corrected chi connectivity index (χ0v) is 25.0. The maximum absolute atomic E-state index is 13.4. The Hall–Kier alpha value is -3.56. The Kier molecular flexibility index (Phi) is 13.5. The summed E-state index contributed by atoms with van der Waals surface area (Å²) in [6, 6.07) is 20.0. The van der Waals surface area contributed by atoms with Crippen LogP contribution in [0.5, 0.6) is 11.5 Å². The van der Waals surface area contributed by atoms with E-state index in [-0.39, 0.29) is 23.6 Å². The van der Waals surface area contributed by atoms with E-state index in [1.807, 2.05) is 54.6 Å². The third kappa shape index (κ3) is 11.1. The van der Waals surface area contributed by atoms with Gasteiger partial charge < -0.3 is 24.3 Å². The number of methoxy groups -OCH3 is 2. The fourth-order valence-corrected chi connectivity index (χ4v) is 5.01. The van der Waals surface area contributed by atoms with Crippen LogP contribution < -0.4 is 14.8 Å². The van der Waals surface area contributed by atoms with Gasteiger partial charge in [0, 0.05) is 26.3 Å². The summed E-state index contributed by atoms with van der Waals surface area (Å²) in [6.07, 6.45) is 2.90. The molecule has 2 atom stereocenters. The molecule has 0 fully saturated rings. The Balaban J connectivity index is 1.74. The second kappa shape index (κ2) is 17.3. The van der Waals surface area contributed by atoms with E-state index in [2.05, 4.69) is 24.1 Å². The summed E-state index contributed by atoms with van der Waals surface area (Å²) in [5, 5.41) is 3.22. The molecule has 0 aliphatic carbocycles. The molecule has 41 heavy (non-hydrogen) atoms. The summed E-state index contributed by atoms with van der Waals surface area (Å²) in [6.45, 7) is 5.49. The summed E-state index contributed by atoms with van der Waals surface area (Å²) < 4.78 is 22.0. The van der Waals surface area contributed by atoms with Gasteiger partial charge in [-0.15, -0.1) is 0 Å². The molecule has 1 amide bonds.